The molecule has 8 rings (SSSR count). The van der Waals surface area contributed by atoms with Gasteiger partial charge in [-0.1, -0.05) is 114 Å². The van der Waals surface area contributed by atoms with Crippen molar-refractivity contribution in [3.05, 3.63) is 107 Å². The molecule has 0 radical (unpaired) electrons. The Bertz CT molecular complexity index is 4970. The summed E-state index contributed by atoms with van der Waals surface area (Å²) in [6.07, 6.45) is 1.43. The minimum atomic E-state index is -1.89. The zero-order chi connectivity index (χ0) is 97.6. The number of hydrogen-bond donors (Lipinski definition) is 21. The summed E-state index contributed by atoms with van der Waals surface area (Å²) in [6.45, 7) is 5.61. The van der Waals surface area contributed by atoms with E-state index in [0.29, 0.717) is 64.2 Å². The number of carbonyl (C=O) groups is 17. The molecule has 133 heavy (non-hydrogen) atoms. The van der Waals surface area contributed by atoms with E-state index in [4.69, 9.17) is 34.1 Å². The minimum Gasteiger partial charge on any atom is -0.394 e. The van der Waals surface area contributed by atoms with Gasteiger partial charge in [0.05, 0.1) is 31.4 Å². The number of aromatic nitrogens is 2. The van der Waals surface area contributed by atoms with E-state index in [2.05, 4.69) is 68.5 Å². The van der Waals surface area contributed by atoms with Crippen LogP contribution < -0.4 is 87.2 Å². The number of aromatic amines is 2. The summed E-state index contributed by atoms with van der Waals surface area (Å²) < 4.78 is 0. The first-order chi connectivity index (χ1) is 63.3. The Balaban J connectivity index is 1.19. The van der Waals surface area contributed by atoms with Crippen LogP contribution in [0.25, 0.3) is 21.8 Å². The van der Waals surface area contributed by atoms with Crippen molar-refractivity contribution < 1.29 is 91.7 Å². The number of rotatable bonds is 26. The molecular formula is C89H130N24O19S. The lowest BCUT2D eigenvalue weighted by Gasteiger charge is -2.36. The maximum absolute atomic E-state index is 15.7. The van der Waals surface area contributed by atoms with Gasteiger partial charge in [0.1, 0.15) is 84.6 Å². The van der Waals surface area contributed by atoms with Crippen LogP contribution in [0.4, 0.5) is 0 Å². The quantitative estimate of drug-likeness (QED) is 0.0142. The Morgan fingerprint density at radius 2 is 1.05 bits per heavy atom. The van der Waals surface area contributed by atoms with Crippen LogP contribution in [0.1, 0.15) is 140 Å². The van der Waals surface area contributed by atoms with Crippen molar-refractivity contribution >= 4 is 140 Å². The number of para-hydroxylation sites is 2. The molecule has 26 N–H and O–H groups in total. The average Bonchev–Trinajstić information content (AvgIpc) is 1.78. The van der Waals surface area contributed by atoms with Crippen molar-refractivity contribution in [2.45, 2.75) is 235 Å². The molecule has 3 aromatic carbocycles. The standard InChI is InChI=1S/C89H130N24O19S/c1-9-11-24-68-81(125)101-59(23-17-31-96-89(94)95)77(121)108-67(76(120)99-43-73(93)117)46-133-47-74(118)100-62(34-50-27-29-51(39-90)30-28-50)84(128)109(6)49(5)75(119)103-64(38-72(92)116)86(130)112-32-18-26-69(112)82(126)106-65(40-91)79(123)104-61(33-48(3)4)87(131)113-44-54(115)37-71(113)83(127)102-60(35-52-41-97-57-21-15-13-19-55(52)57)78(122)107-66(45-114)80(124)105-63(36-53-42-98-58-22-16-14-20-56(53)58)85(129)111(8)70(25-12-10-2)88(132)110(68)7/h13-16,19-22,27-30,41-42,48-49,54,59-71,97-98,114-115H,9-12,17-18,23-26,31-40,43-47,90-91H2,1-8H3,(H2,92,116)(H2,93,117)(H,99,120)(H,100,118)(H,101,125)(H,102,127)(H,103,119)(H,104,123)(H,105,124)(H,106,126)(H,107,122)(H,108,121)(H4,94,95,96)/t49-,54+,59-,60-,61-,62-,63-,64-,65-,66-,67-,68-,69-,70-,71-/m0/s1. The molecule has 17 amide bonds. The minimum absolute atomic E-state index is 0.00750. The Morgan fingerprint density at radius 3 is 1.65 bits per heavy atom. The van der Waals surface area contributed by atoms with Gasteiger partial charge in [-0.15, -0.1) is 11.8 Å². The van der Waals surface area contributed by atoms with Crippen LogP contribution in [-0.2, 0) is 107 Å². The molecule has 726 valence electrons. The van der Waals surface area contributed by atoms with Gasteiger partial charge in [-0.05, 0) is 92.2 Å². The number of nitrogens with zero attached hydrogens (tertiary/aromatic N) is 5. The number of H-pyrrole nitrogens is 2. The Morgan fingerprint density at radius 1 is 0.534 bits per heavy atom. The molecule has 3 fully saturated rings. The SMILES string of the molecule is CCCC[C@H]1C(=O)N(C)[C@@H](CCCC)C(=O)N[C@@H](CCCNC(=N)N)C(=O)N[C@H](C(=O)NCC(N)=O)CSCC(=O)N[C@@H](Cc2ccc(CN)cc2)C(=O)N(C)[C@@H](C)C(=O)N[C@@H](CC(N)=O)C(=O)N2CCC[C@H]2C(=O)N[C@@H](CN)C(=O)N[C@@H](CC(C)C)C(=O)N2C[C@H](O)C[C@H]2C(=O)N[C@@H](Cc2c[nH]c3ccccc23)C(=O)N[C@@H](CO)C(=O)N[C@@H](Cc2c[nH]c3ccccc23)C(=O)N1C. The third-order valence-electron chi connectivity index (χ3n) is 23.9. The summed E-state index contributed by atoms with van der Waals surface area (Å²) in [7, 11) is 3.93. The molecule has 0 aliphatic carbocycles. The molecule has 3 aliphatic heterocycles. The highest BCUT2D eigenvalue weighted by Gasteiger charge is 2.47. The zero-order valence-corrected chi connectivity index (χ0v) is 77.2. The number of aliphatic hydroxyl groups is 2. The van der Waals surface area contributed by atoms with Gasteiger partial charge in [-0.3, -0.25) is 86.9 Å². The number of carbonyl (C=O) groups excluding carboxylic acids is 17. The highest BCUT2D eigenvalue weighted by molar-refractivity contribution is 8.00. The van der Waals surface area contributed by atoms with E-state index in [-0.39, 0.29) is 96.2 Å². The fraction of sp³-hybridized carbons (Fsp3) is 0.551. The van der Waals surface area contributed by atoms with Crippen molar-refractivity contribution in [2.75, 3.05) is 72.0 Å². The number of hydrogen-bond acceptors (Lipinski definition) is 23. The second-order valence-electron chi connectivity index (χ2n) is 34.3. The molecule has 0 unspecified atom stereocenters. The molecule has 0 spiro atoms. The number of amides is 17. The second-order valence-corrected chi connectivity index (χ2v) is 35.3. The third kappa shape index (κ3) is 29.6. The van der Waals surface area contributed by atoms with Crippen LogP contribution in [0.5, 0.6) is 0 Å². The number of thioether (sulfide) groups is 1. The van der Waals surface area contributed by atoms with Gasteiger partial charge in [0, 0.05) is 120 Å². The predicted octanol–water partition coefficient (Wildman–Crippen LogP) is -4.18. The van der Waals surface area contributed by atoms with E-state index in [1.54, 1.807) is 99.0 Å². The number of likely N-dealkylation sites (N-methyl/N-ethyl adjacent to an activating group) is 3. The topological polar surface area (TPSA) is 665 Å². The van der Waals surface area contributed by atoms with Gasteiger partial charge < -0.3 is 132 Å². The monoisotopic (exact) mass is 1870 g/mol. The largest absolute Gasteiger partial charge is 0.394 e. The van der Waals surface area contributed by atoms with Gasteiger partial charge in [-0.25, -0.2) is 0 Å². The first kappa shape index (κ1) is 106. The molecule has 3 aliphatic rings. The molecule has 43 nitrogen and oxygen atoms in total. The summed E-state index contributed by atoms with van der Waals surface area (Å²) >= 11 is 0.781. The van der Waals surface area contributed by atoms with Crippen LogP contribution in [-0.4, -0.2) is 314 Å². The van der Waals surface area contributed by atoms with Crippen LogP contribution in [0, 0.1) is 11.3 Å². The lowest BCUT2D eigenvalue weighted by molar-refractivity contribution is -0.149. The first-order valence-corrected chi connectivity index (χ1v) is 46.0. The number of primary amides is 2. The van der Waals surface area contributed by atoms with Gasteiger partial charge in [0.25, 0.3) is 0 Å². The number of guanidine groups is 1. The maximum atomic E-state index is 15.7. The number of nitrogens with two attached hydrogens (primary N) is 5. The van der Waals surface area contributed by atoms with E-state index in [1.165, 1.54) is 28.1 Å². The highest BCUT2D eigenvalue weighted by Crippen LogP contribution is 2.28. The van der Waals surface area contributed by atoms with Crippen molar-refractivity contribution in [1.29, 1.82) is 5.41 Å². The van der Waals surface area contributed by atoms with E-state index in [9.17, 15) is 58.2 Å². The summed E-state index contributed by atoms with van der Waals surface area (Å²) in [5.74, 6) is -17.8. The smallest absolute Gasteiger partial charge is 0.246 e. The first-order valence-electron chi connectivity index (χ1n) is 44.8. The number of unbranched alkanes of at least 4 members (excludes halogenated alkanes) is 2. The molecule has 3 saturated heterocycles. The molecule has 0 bridgehead atoms. The molecular weight excluding hydrogens is 1740 g/mol. The number of benzene rings is 3. The third-order valence-corrected chi connectivity index (χ3v) is 24.9. The summed E-state index contributed by atoms with van der Waals surface area (Å²) in [5, 5.41) is 60.5. The highest BCUT2D eigenvalue weighted by atomic mass is 32.2. The summed E-state index contributed by atoms with van der Waals surface area (Å²) in [5.41, 5.74) is 32.4. The molecule has 5 aromatic rings. The van der Waals surface area contributed by atoms with E-state index < -0.39 is 241 Å². The number of fused-ring (bicyclic) bond motifs is 4. The number of aliphatic hydroxyl groups excluding tert-OH is 2. The van der Waals surface area contributed by atoms with Crippen LogP contribution in [0.15, 0.2) is 85.2 Å². The lowest BCUT2D eigenvalue weighted by Crippen LogP contribution is -2.62. The van der Waals surface area contributed by atoms with Gasteiger partial charge >= 0.3 is 0 Å². The van der Waals surface area contributed by atoms with Gasteiger partial charge in [0.2, 0.25) is 100 Å². The van der Waals surface area contributed by atoms with Crippen molar-refractivity contribution in [3.8, 4) is 0 Å². The number of nitrogens with one attached hydrogen (secondary N) is 14. The van der Waals surface area contributed by atoms with Crippen molar-refractivity contribution in [3.63, 3.8) is 0 Å². The van der Waals surface area contributed by atoms with Gasteiger partial charge in [0.15, 0.2) is 5.96 Å². The van der Waals surface area contributed by atoms with Crippen LogP contribution in [0.3, 0.4) is 0 Å². The zero-order valence-electron chi connectivity index (χ0n) is 76.4. The fourth-order valence-corrected chi connectivity index (χ4v) is 17.2. The summed E-state index contributed by atoms with van der Waals surface area (Å²) in [6, 6.07) is -0.981. The second kappa shape index (κ2) is 50.7. The van der Waals surface area contributed by atoms with Crippen molar-refractivity contribution in [2.24, 2.45) is 34.6 Å². The van der Waals surface area contributed by atoms with Gasteiger partial charge in [-0.2, -0.15) is 0 Å². The van der Waals surface area contributed by atoms with Crippen LogP contribution >= 0.6 is 11.8 Å². The maximum Gasteiger partial charge on any atom is 0.246 e. The molecule has 15 atom stereocenters. The predicted molar refractivity (Wildman–Crippen MR) is 493 cm³/mol. The normalized spacial score (nSPS) is 25.0. The van der Waals surface area contributed by atoms with E-state index in [0.717, 1.165) is 41.8 Å². The molecule has 0 saturated carbocycles. The summed E-state index contributed by atoms with van der Waals surface area (Å²) in [4.78, 5) is 261. The molecule has 5 heterocycles. The van der Waals surface area contributed by atoms with Crippen molar-refractivity contribution in [1.82, 2.24) is 93.0 Å². The Labute approximate surface area is 774 Å². The Kier molecular flexibility index (Phi) is 40.2. The molecule has 44 heteroatoms. The Hall–Kier alpha value is -12.8. The van der Waals surface area contributed by atoms with Crippen LogP contribution in [0.2, 0.25) is 0 Å². The van der Waals surface area contributed by atoms with E-state index >= 15 is 33.6 Å². The fourth-order valence-electron chi connectivity index (χ4n) is 16.4. The van der Waals surface area contributed by atoms with E-state index in [1.807, 2.05) is 13.8 Å². The average molecular weight is 1870 g/mol. The molecule has 2 aromatic heterocycles. The lowest BCUT2D eigenvalue weighted by atomic mass is 10.00.